The fourth-order valence-corrected chi connectivity index (χ4v) is 2.22. The molecule has 0 aliphatic rings. The van der Waals surface area contributed by atoms with Gasteiger partial charge in [-0.25, -0.2) is 4.79 Å². The minimum absolute atomic E-state index is 0.180. The van der Waals surface area contributed by atoms with Crippen molar-refractivity contribution in [3.8, 4) is 5.75 Å². The number of ether oxygens (including phenoxy) is 1. The highest BCUT2D eigenvalue weighted by Gasteiger charge is 2.15. The van der Waals surface area contributed by atoms with E-state index >= 15 is 0 Å². The van der Waals surface area contributed by atoms with Crippen LogP contribution in [0.1, 0.15) is 10.4 Å². The van der Waals surface area contributed by atoms with E-state index in [0.29, 0.717) is 15.9 Å². The highest BCUT2D eigenvalue weighted by atomic mass is 79.9. The van der Waals surface area contributed by atoms with Crippen molar-refractivity contribution in [2.75, 3.05) is 7.11 Å². The summed E-state index contributed by atoms with van der Waals surface area (Å²) in [6.45, 7) is 0. The molecule has 0 aliphatic heterocycles. The van der Waals surface area contributed by atoms with Crippen LogP contribution in [0.3, 0.4) is 0 Å². The van der Waals surface area contributed by atoms with Crippen LogP contribution in [0.4, 0.5) is 0 Å². The van der Waals surface area contributed by atoms with Crippen molar-refractivity contribution in [3.05, 3.63) is 22.3 Å². The largest absolute Gasteiger partial charge is 0.496 e. The van der Waals surface area contributed by atoms with Gasteiger partial charge in [-0.05, 0) is 28.1 Å². The number of aryl methyl sites for hydroxylation is 1. The molecule has 1 heterocycles. The number of hydrogen-bond acceptors (Lipinski definition) is 3. The minimum Gasteiger partial charge on any atom is -0.496 e. The summed E-state index contributed by atoms with van der Waals surface area (Å²) in [5, 5.41) is 13.9. The first kappa shape index (κ1) is 10.9. The second-order valence-corrected chi connectivity index (χ2v) is 4.04. The first-order valence-electron chi connectivity index (χ1n) is 4.48. The van der Waals surface area contributed by atoms with E-state index in [4.69, 9.17) is 9.84 Å². The first-order chi connectivity index (χ1) is 7.54. The number of rotatable bonds is 2. The Hall–Kier alpha value is -1.56. The molecule has 16 heavy (non-hydrogen) atoms. The molecule has 0 unspecified atom stereocenters. The minimum atomic E-state index is -0.988. The van der Waals surface area contributed by atoms with Crippen molar-refractivity contribution in [2.45, 2.75) is 0 Å². The van der Waals surface area contributed by atoms with Gasteiger partial charge in [-0.3, -0.25) is 4.68 Å². The number of carboxylic acid groups (broad SMARTS) is 1. The lowest BCUT2D eigenvalue weighted by Crippen LogP contribution is -1.98. The number of nitrogens with zero attached hydrogens (tertiary/aromatic N) is 2. The van der Waals surface area contributed by atoms with Gasteiger partial charge < -0.3 is 9.84 Å². The molecule has 0 amide bonds. The molecular formula is C10H9BrN2O3. The Balaban J connectivity index is 2.86. The molecule has 1 aromatic heterocycles. The van der Waals surface area contributed by atoms with Crippen LogP contribution in [0, 0.1) is 0 Å². The number of aromatic carboxylic acids is 1. The van der Waals surface area contributed by atoms with Crippen molar-refractivity contribution in [2.24, 2.45) is 7.05 Å². The van der Waals surface area contributed by atoms with Gasteiger partial charge in [-0.2, -0.15) is 5.10 Å². The molecule has 6 heteroatoms. The summed E-state index contributed by atoms with van der Waals surface area (Å²) in [5.74, 6) is -0.493. The molecule has 0 saturated carbocycles. The predicted octanol–water partition coefficient (Wildman–Crippen LogP) is 2.04. The second-order valence-electron chi connectivity index (χ2n) is 3.29. The smallest absolute Gasteiger partial charge is 0.335 e. The number of aromatic nitrogens is 2. The molecule has 0 aliphatic carbocycles. The third-order valence-corrected chi connectivity index (χ3v) is 2.90. The fraction of sp³-hybridized carbons (Fsp3) is 0.200. The van der Waals surface area contributed by atoms with Crippen molar-refractivity contribution >= 4 is 32.8 Å². The highest BCUT2D eigenvalue weighted by Crippen LogP contribution is 2.32. The van der Waals surface area contributed by atoms with Crippen molar-refractivity contribution in [1.29, 1.82) is 0 Å². The van der Waals surface area contributed by atoms with Crippen LogP contribution in [0.25, 0.3) is 10.9 Å². The SMILES string of the molecule is COc1cc(C(=O)O)cc2c1c(Br)nn2C. The van der Waals surface area contributed by atoms with Gasteiger partial charge in [0, 0.05) is 7.05 Å². The molecule has 0 radical (unpaired) electrons. The maximum Gasteiger partial charge on any atom is 0.335 e. The molecule has 0 fully saturated rings. The van der Waals surface area contributed by atoms with Crippen LogP contribution in [-0.4, -0.2) is 28.0 Å². The molecule has 5 nitrogen and oxygen atoms in total. The van der Waals surface area contributed by atoms with Gasteiger partial charge >= 0.3 is 5.97 Å². The molecule has 0 saturated heterocycles. The number of benzene rings is 1. The second kappa shape index (κ2) is 3.79. The molecule has 1 aromatic carbocycles. The molecule has 1 N–H and O–H groups in total. The third kappa shape index (κ3) is 1.55. The van der Waals surface area contributed by atoms with Gasteiger partial charge in [-0.15, -0.1) is 0 Å². The van der Waals surface area contributed by atoms with Gasteiger partial charge in [0.05, 0.1) is 23.6 Å². The van der Waals surface area contributed by atoms with Crippen LogP contribution in [0.5, 0.6) is 5.75 Å². The predicted molar refractivity (Wildman–Crippen MR) is 61.9 cm³/mol. The molecule has 2 rings (SSSR count). The fourth-order valence-electron chi connectivity index (χ4n) is 1.58. The van der Waals surface area contributed by atoms with E-state index < -0.39 is 5.97 Å². The normalized spacial score (nSPS) is 10.7. The molecule has 0 atom stereocenters. The standard InChI is InChI=1S/C10H9BrN2O3/c1-13-6-3-5(10(14)15)4-7(16-2)8(6)9(11)12-13/h3-4H,1-2H3,(H,14,15). The Bertz CT molecular complexity index is 577. The first-order valence-corrected chi connectivity index (χ1v) is 5.27. The summed E-state index contributed by atoms with van der Waals surface area (Å²) in [6, 6.07) is 3.05. The lowest BCUT2D eigenvalue weighted by Gasteiger charge is -2.04. The van der Waals surface area contributed by atoms with Gasteiger partial charge in [0.2, 0.25) is 0 Å². The van der Waals surface area contributed by atoms with Crippen LogP contribution < -0.4 is 4.74 Å². The summed E-state index contributed by atoms with van der Waals surface area (Å²) in [4.78, 5) is 10.9. The van der Waals surface area contributed by atoms with Crippen molar-refractivity contribution in [3.63, 3.8) is 0 Å². The molecule has 0 bridgehead atoms. The summed E-state index contributed by atoms with van der Waals surface area (Å²) in [5.41, 5.74) is 0.892. The maximum atomic E-state index is 10.9. The summed E-state index contributed by atoms with van der Waals surface area (Å²) >= 11 is 3.31. The van der Waals surface area contributed by atoms with Crippen LogP contribution >= 0.6 is 15.9 Å². The van der Waals surface area contributed by atoms with Crippen molar-refractivity contribution in [1.82, 2.24) is 9.78 Å². The summed E-state index contributed by atoms with van der Waals surface area (Å²) in [7, 11) is 3.25. The van der Waals surface area contributed by atoms with E-state index in [0.717, 1.165) is 5.39 Å². The number of carboxylic acids is 1. The highest BCUT2D eigenvalue weighted by molar-refractivity contribution is 9.10. The number of fused-ring (bicyclic) bond motifs is 1. The molecule has 2 aromatic rings. The monoisotopic (exact) mass is 284 g/mol. The molecule has 0 spiro atoms. The Morgan fingerprint density at radius 3 is 2.81 bits per heavy atom. The average molecular weight is 285 g/mol. The lowest BCUT2D eigenvalue weighted by atomic mass is 10.1. The van der Waals surface area contributed by atoms with E-state index in [1.54, 1.807) is 17.8 Å². The van der Waals surface area contributed by atoms with Crippen LogP contribution in [0.15, 0.2) is 16.7 Å². The van der Waals surface area contributed by atoms with Crippen LogP contribution in [-0.2, 0) is 7.05 Å². The number of methoxy groups -OCH3 is 1. The lowest BCUT2D eigenvalue weighted by molar-refractivity contribution is 0.0696. The van der Waals surface area contributed by atoms with E-state index in [-0.39, 0.29) is 5.56 Å². The zero-order chi connectivity index (χ0) is 11.9. The Morgan fingerprint density at radius 1 is 1.56 bits per heavy atom. The van der Waals surface area contributed by atoms with Gasteiger partial charge in [0.25, 0.3) is 0 Å². The third-order valence-electron chi connectivity index (χ3n) is 2.34. The zero-order valence-corrected chi connectivity index (χ0v) is 10.3. The quantitative estimate of drug-likeness (QED) is 0.917. The summed E-state index contributed by atoms with van der Waals surface area (Å²) < 4.78 is 7.41. The number of carbonyl (C=O) groups is 1. The van der Waals surface area contributed by atoms with Gasteiger partial charge in [0.1, 0.15) is 10.4 Å². The van der Waals surface area contributed by atoms with E-state index in [1.165, 1.54) is 13.2 Å². The zero-order valence-electron chi connectivity index (χ0n) is 8.69. The molecule has 84 valence electrons. The Kier molecular flexibility index (Phi) is 2.59. The summed E-state index contributed by atoms with van der Waals surface area (Å²) in [6.07, 6.45) is 0. The average Bonchev–Trinajstić information content (AvgIpc) is 2.53. The maximum absolute atomic E-state index is 10.9. The van der Waals surface area contributed by atoms with Crippen molar-refractivity contribution < 1.29 is 14.6 Å². The number of hydrogen-bond donors (Lipinski definition) is 1. The number of halogens is 1. The van der Waals surface area contributed by atoms with E-state index in [1.807, 2.05) is 0 Å². The van der Waals surface area contributed by atoms with E-state index in [2.05, 4.69) is 21.0 Å². The Labute approximate surface area is 99.8 Å². The molecular weight excluding hydrogens is 276 g/mol. The Morgan fingerprint density at radius 2 is 2.25 bits per heavy atom. The van der Waals surface area contributed by atoms with Gasteiger partial charge in [-0.1, -0.05) is 0 Å². The topological polar surface area (TPSA) is 64.3 Å². The van der Waals surface area contributed by atoms with Gasteiger partial charge in [0.15, 0.2) is 0 Å². The van der Waals surface area contributed by atoms with Crippen LogP contribution in [0.2, 0.25) is 0 Å². The van der Waals surface area contributed by atoms with E-state index in [9.17, 15) is 4.79 Å².